The highest BCUT2D eigenvalue weighted by atomic mass is 16.5. The number of piperidine rings is 1. The highest BCUT2D eigenvalue weighted by molar-refractivity contribution is 5.79. The maximum absolute atomic E-state index is 12.9. The van der Waals surface area contributed by atoms with Gasteiger partial charge in [-0.25, -0.2) is 9.97 Å². The number of hydrogen-bond donors (Lipinski definition) is 1. The number of rotatable bonds is 8. The van der Waals surface area contributed by atoms with Crippen LogP contribution in [0.15, 0.2) is 60.9 Å². The molecule has 0 unspecified atom stereocenters. The Bertz CT molecular complexity index is 1100. The summed E-state index contributed by atoms with van der Waals surface area (Å²) >= 11 is 0. The Balaban J connectivity index is 1.32. The van der Waals surface area contributed by atoms with Crippen molar-refractivity contribution in [1.82, 2.24) is 15.3 Å². The molecule has 1 amide bonds. The lowest BCUT2D eigenvalue weighted by atomic mass is 9.95. The van der Waals surface area contributed by atoms with Crippen molar-refractivity contribution in [3.63, 3.8) is 0 Å². The van der Waals surface area contributed by atoms with Crippen molar-refractivity contribution in [3.05, 3.63) is 66.5 Å². The van der Waals surface area contributed by atoms with E-state index in [1.807, 2.05) is 61.5 Å². The molecule has 1 N–H and O–H groups in total. The standard InChI is InChI=1S/C26H30N4O4/c1-18(20-9-10-22(32-2)23(15-20)33-3)29-26(31)19-11-13-30(14-12-19)24-16-25(28-17-27-24)34-21-7-5-4-6-8-21/h4-10,15-19H,11-14H2,1-3H3,(H,29,31)/t18-/m1/s1. The molecule has 1 aliphatic heterocycles. The van der Waals surface area contributed by atoms with E-state index in [0.29, 0.717) is 17.4 Å². The molecular weight excluding hydrogens is 432 g/mol. The summed E-state index contributed by atoms with van der Waals surface area (Å²) in [6.07, 6.45) is 3.02. The van der Waals surface area contributed by atoms with E-state index in [0.717, 1.165) is 43.1 Å². The van der Waals surface area contributed by atoms with Crippen LogP contribution >= 0.6 is 0 Å². The summed E-state index contributed by atoms with van der Waals surface area (Å²) in [4.78, 5) is 23.7. The molecule has 2 heterocycles. The molecular formula is C26H30N4O4. The number of aromatic nitrogens is 2. The summed E-state index contributed by atoms with van der Waals surface area (Å²) in [5, 5.41) is 3.15. The van der Waals surface area contributed by atoms with Crippen LogP contribution in [0.2, 0.25) is 0 Å². The second-order valence-electron chi connectivity index (χ2n) is 8.24. The number of para-hydroxylation sites is 1. The highest BCUT2D eigenvalue weighted by Crippen LogP contribution is 2.31. The summed E-state index contributed by atoms with van der Waals surface area (Å²) in [6.45, 7) is 3.46. The van der Waals surface area contributed by atoms with Gasteiger partial charge in [-0.1, -0.05) is 24.3 Å². The number of anilines is 1. The fraction of sp³-hybridized carbons (Fsp3) is 0.346. The van der Waals surface area contributed by atoms with Crippen molar-refractivity contribution in [1.29, 1.82) is 0 Å². The molecule has 0 bridgehead atoms. The molecule has 4 rings (SSSR count). The maximum atomic E-state index is 12.9. The first kappa shape index (κ1) is 23.4. The van der Waals surface area contributed by atoms with Crippen molar-refractivity contribution in [2.75, 3.05) is 32.2 Å². The average Bonchev–Trinajstić information content (AvgIpc) is 2.89. The second kappa shape index (κ2) is 10.9. The van der Waals surface area contributed by atoms with Gasteiger partial charge in [0.2, 0.25) is 11.8 Å². The number of nitrogens with zero attached hydrogens (tertiary/aromatic N) is 3. The first-order chi connectivity index (χ1) is 16.6. The summed E-state index contributed by atoms with van der Waals surface area (Å²) in [7, 11) is 3.21. The van der Waals surface area contributed by atoms with Gasteiger partial charge in [-0.15, -0.1) is 0 Å². The Morgan fingerprint density at radius 2 is 1.74 bits per heavy atom. The monoisotopic (exact) mass is 462 g/mol. The van der Waals surface area contributed by atoms with Gasteiger partial charge in [0.25, 0.3) is 0 Å². The topological polar surface area (TPSA) is 85.8 Å². The molecule has 1 fully saturated rings. The molecule has 1 atom stereocenters. The van der Waals surface area contributed by atoms with Crippen LogP contribution in [-0.4, -0.2) is 43.2 Å². The van der Waals surface area contributed by atoms with Crippen LogP contribution < -0.4 is 24.4 Å². The van der Waals surface area contributed by atoms with Crippen LogP contribution in [0.3, 0.4) is 0 Å². The summed E-state index contributed by atoms with van der Waals surface area (Å²) in [6, 6.07) is 16.9. The number of nitrogens with one attached hydrogen (secondary N) is 1. The van der Waals surface area contributed by atoms with E-state index in [1.54, 1.807) is 14.2 Å². The third-order valence-electron chi connectivity index (χ3n) is 6.05. The zero-order valence-corrected chi connectivity index (χ0v) is 19.7. The number of carbonyl (C=O) groups is 1. The van der Waals surface area contributed by atoms with E-state index < -0.39 is 0 Å². The Morgan fingerprint density at radius 3 is 2.44 bits per heavy atom. The van der Waals surface area contributed by atoms with Gasteiger partial charge < -0.3 is 24.4 Å². The molecule has 34 heavy (non-hydrogen) atoms. The summed E-state index contributed by atoms with van der Waals surface area (Å²) in [5.41, 5.74) is 0.968. The number of benzene rings is 2. The van der Waals surface area contributed by atoms with Gasteiger partial charge in [0.15, 0.2) is 11.5 Å². The van der Waals surface area contributed by atoms with Crippen LogP contribution in [0, 0.1) is 5.92 Å². The maximum Gasteiger partial charge on any atom is 0.224 e. The Kier molecular flexibility index (Phi) is 7.47. The average molecular weight is 463 g/mol. The van der Waals surface area contributed by atoms with Gasteiger partial charge in [-0.05, 0) is 49.6 Å². The molecule has 178 valence electrons. The molecule has 8 heteroatoms. The number of amides is 1. The van der Waals surface area contributed by atoms with E-state index in [-0.39, 0.29) is 17.9 Å². The SMILES string of the molecule is COc1ccc([C@@H](C)NC(=O)C2CCN(c3cc(Oc4ccccc4)ncn3)CC2)cc1OC. The highest BCUT2D eigenvalue weighted by Gasteiger charge is 2.27. The van der Waals surface area contributed by atoms with Gasteiger partial charge in [0.1, 0.15) is 17.9 Å². The molecule has 1 aromatic heterocycles. The fourth-order valence-corrected chi connectivity index (χ4v) is 4.08. The van der Waals surface area contributed by atoms with Crippen molar-refractivity contribution < 1.29 is 19.0 Å². The zero-order chi connectivity index (χ0) is 23.9. The third-order valence-corrected chi connectivity index (χ3v) is 6.05. The van der Waals surface area contributed by atoms with Crippen molar-refractivity contribution >= 4 is 11.7 Å². The van der Waals surface area contributed by atoms with E-state index in [2.05, 4.69) is 20.2 Å². The first-order valence-electron chi connectivity index (χ1n) is 11.4. The normalized spacial score (nSPS) is 14.9. The largest absolute Gasteiger partial charge is 0.493 e. The predicted molar refractivity (Wildman–Crippen MR) is 130 cm³/mol. The number of ether oxygens (including phenoxy) is 3. The van der Waals surface area contributed by atoms with E-state index in [9.17, 15) is 4.79 Å². The van der Waals surface area contributed by atoms with Crippen molar-refractivity contribution in [3.8, 4) is 23.1 Å². The lowest BCUT2D eigenvalue weighted by Crippen LogP contribution is -2.41. The van der Waals surface area contributed by atoms with Gasteiger partial charge in [0.05, 0.1) is 20.3 Å². The lowest BCUT2D eigenvalue weighted by molar-refractivity contribution is -0.126. The van der Waals surface area contributed by atoms with E-state index >= 15 is 0 Å². The summed E-state index contributed by atoms with van der Waals surface area (Å²) in [5.74, 6) is 3.37. The number of carbonyl (C=O) groups excluding carboxylic acids is 1. The number of methoxy groups -OCH3 is 2. The van der Waals surface area contributed by atoms with Gasteiger partial charge in [-0.2, -0.15) is 0 Å². The van der Waals surface area contributed by atoms with E-state index in [1.165, 1.54) is 6.33 Å². The molecule has 0 spiro atoms. The Morgan fingerprint density at radius 1 is 1.00 bits per heavy atom. The number of hydrogen-bond acceptors (Lipinski definition) is 7. The van der Waals surface area contributed by atoms with Gasteiger partial charge in [-0.3, -0.25) is 4.79 Å². The Hall–Kier alpha value is -3.81. The quantitative estimate of drug-likeness (QED) is 0.532. The summed E-state index contributed by atoms with van der Waals surface area (Å²) < 4.78 is 16.5. The molecule has 0 radical (unpaired) electrons. The minimum Gasteiger partial charge on any atom is -0.493 e. The first-order valence-corrected chi connectivity index (χ1v) is 11.4. The fourth-order valence-electron chi connectivity index (χ4n) is 4.08. The Labute approximate surface area is 199 Å². The molecule has 8 nitrogen and oxygen atoms in total. The van der Waals surface area contributed by atoms with Crippen LogP contribution in [0.4, 0.5) is 5.82 Å². The van der Waals surface area contributed by atoms with Gasteiger partial charge >= 0.3 is 0 Å². The van der Waals surface area contributed by atoms with Gasteiger partial charge in [0, 0.05) is 25.1 Å². The predicted octanol–water partition coefficient (Wildman–Crippen LogP) is 4.38. The van der Waals surface area contributed by atoms with Crippen molar-refractivity contribution in [2.45, 2.75) is 25.8 Å². The van der Waals surface area contributed by atoms with Crippen LogP contribution in [0.5, 0.6) is 23.1 Å². The minimum absolute atomic E-state index is 0.0410. The molecule has 2 aromatic carbocycles. The van der Waals surface area contributed by atoms with Crippen LogP contribution in [0.25, 0.3) is 0 Å². The third kappa shape index (κ3) is 5.57. The molecule has 3 aromatic rings. The smallest absolute Gasteiger partial charge is 0.224 e. The van der Waals surface area contributed by atoms with Crippen LogP contribution in [-0.2, 0) is 4.79 Å². The van der Waals surface area contributed by atoms with E-state index in [4.69, 9.17) is 14.2 Å². The molecule has 1 aliphatic rings. The zero-order valence-electron chi connectivity index (χ0n) is 19.7. The molecule has 1 saturated heterocycles. The molecule has 0 saturated carbocycles. The lowest BCUT2D eigenvalue weighted by Gasteiger charge is -2.32. The second-order valence-corrected chi connectivity index (χ2v) is 8.24. The van der Waals surface area contributed by atoms with Crippen LogP contribution in [0.1, 0.15) is 31.4 Å². The van der Waals surface area contributed by atoms with Crippen molar-refractivity contribution in [2.24, 2.45) is 5.92 Å². The minimum atomic E-state index is -0.134. The molecule has 0 aliphatic carbocycles.